The molecule has 3 N–H and O–H groups in total. The lowest BCUT2D eigenvalue weighted by atomic mass is 9.94. The normalized spacial score (nSPS) is 19.1. The standard InChI is InChI=1S/C49H52ClN8O6P/c1-63-43-25-41(35(29-11-12-29)24-39(43)53-49-51-26-37(50)46(55-49)52-38-8-4-5-10-44(38)65(2,3)62)56-21-18-32(19-22-56)57-20-17-30-23-33(14-13-31(30)27-57)64-42-9-6-7-34-36(42)28-58(48(34)61)40-15-16-45(59)54-47(40)60/h4-10,13-14,23-26,29,32,40H,11-12,15-22,27-28H2,1-3H3,(H,54,59,60)(H2,51,52,53,55). The molecule has 1 aromatic heterocycles. The van der Waals surface area contributed by atoms with Gasteiger partial charge >= 0.3 is 0 Å². The first-order chi connectivity index (χ1) is 31.4. The molecular weight excluding hydrogens is 863 g/mol. The van der Waals surface area contributed by atoms with Gasteiger partial charge in [-0.2, -0.15) is 4.98 Å². The van der Waals surface area contributed by atoms with Crippen molar-refractivity contribution in [3.63, 3.8) is 0 Å². The largest absolute Gasteiger partial charge is 0.494 e. The number of carbonyl (C=O) groups excluding carboxylic acids is 3. The lowest BCUT2D eigenvalue weighted by Crippen LogP contribution is -2.52. The van der Waals surface area contributed by atoms with E-state index in [1.807, 2.05) is 42.5 Å². The number of ether oxygens (including phenoxy) is 2. The van der Waals surface area contributed by atoms with Gasteiger partial charge in [0.2, 0.25) is 17.8 Å². The van der Waals surface area contributed by atoms with Gasteiger partial charge in [-0.05, 0) is 117 Å². The second-order valence-electron chi connectivity index (χ2n) is 18.0. The van der Waals surface area contributed by atoms with Gasteiger partial charge in [-0.15, -0.1) is 0 Å². The molecule has 16 heteroatoms. The molecule has 1 atom stereocenters. The van der Waals surface area contributed by atoms with Crippen LogP contribution in [0.15, 0.2) is 79.0 Å². The molecule has 1 unspecified atom stereocenters. The average Bonchev–Trinajstić information content (AvgIpc) is 4.10. The number of hydrogen-bond donors (Lipinski definition) is 3. The third-order valence-electron chi connectivity index (χ3n) is 13.4. The highest BCUT2D eigenvalue weighted by atomic mass is 35.5. The number of para-hydroxylation sites is 1. The maximum atomic E-state index is 13.4. The second-order valence-corrected chi connectivity index (χ2v) is 21.6. The minimum atomic E-state index is -2.57. The number of nitrogens with one attached hydrogen (secondary N) is 3. The Balaban J connectivity index is 0.786. The molecule has 3 fully saturated rings. The molecule has 336 valence electrons. The number of benzene rings is 4. The van der Waals surface area contributed by atoms with Crippen molar-refractivity contribution in [2.75, 3.05) is 55.6 Å². The molecule has 4 aromatic carbocycles. The molecule has 0 spiro atoms. The van der Waals surface area contributed by atoms with Crippen LogP contribution in [-0.4, -0.2) is 89.6 Å². The first-order valence-corrected chi connectivity index (χ1v) is 25.4. The van der Waals surface area contributed by atoms with E-state index < -0.39 is 19.1 Å². The summed E-state index contributed by atoms with van der Waals surface area (Å²) in [4.78, 5) is 53.6. The van der Waals surface area contributed by atoms with E-state index in [2.05, 4.69) is 55.0 Å². The summed E-state index contributed by atoms with van der Waals surface area (Å²) in [7, 11) is -0.880. The van der Waals surface area contributed by atoms with E-state index >= 15 is 0 Å². The van der Waals surface area contributed by atoms with E-state index in [0.717, 1.165) is 80.6 Å². The lowest BCUT2D eigenvalue weighted by Gasteiger charge is -2.42. The number of carbonyl (C=O) groups is 3. The molecule has 0 bridgehead atoms. The summed E-state index contributed by atoms with van der Waals surface area (Å²) < 4.78 is 25.5. The van der Waals surface area contributed by atoms with Crippen molar-refractivity contribution in [3.8, 4) is 17.2 Å². The van der Waals surface area contributed by atoms with Crippen LogP contribution in [0, 0.1) is 0 Å². The van der Waals surface area contributed by atoms with Crippen molar-refractivity contribution < 1.29 is 28.4 Å². The van der Waals surface area contributed by atoms with Crippen LogP contribution in [0.5, 0.6) is 17.2 Å². The van der Waals surface area contributed by atoms with Gasteiger partial charge < -0.3 is 34.5 Å². The number of piperidine rings is 2. The summed E-state index contributed by atoms with van der Waals surface area (Å²) in [5.41, 5.74) is 7.86. The average molecular weight is 915 g/mol. The number of anilines is 5. The van der Waals surface area contributed by atoms with Crippen LogP contribution in [0.1, 0.15) is 77.1 Å². The Morgan fingerprint density at radius 1 is 0.831 bits per heavy atom. The van der Waals surface area contributed by atoms with Crippen LogP contribution in [-0.2, 0) is 33.7 Å². The number of imide groups is 1. The van der Waals surface area contributed by atoms with E-state index in [1.165, 1.54) is 22.4 Å². The van der Waals surface area contributed by atoms with E-state index in [4.69, 9.17) is 26.1 Å². The predicted octanol–water partition coefficient (Wildman–Crippen LogP) is 8.33. The predicted molar refractivity (Wildman–Crippen MR) is 252 cm³/mol. The molecule has 3 amide bonds. The molecule has 5 aliphatic rings. The second kappa shape index (κ2) is 17.5. The number of rotatable bonds is 12. The van der Waals surface area contributed by atoms with Crippen LogP contribution >= 0.6 is 18.7 Å². The highest BCUT2D eigenvalue weighted by Crippen LogP contribution is 2.49. The van der Waals surface area contributed by atoms with Gasteiger partial charge in [-0.1, -0.05) is 35.9 Å². The van der Waals surface area contributed by atoms with Crippen molar-refractivity contribution >= 4 is 70.6 Å². The van der Waals surface area contributed by atoms with Gasteiger partial charge in [-0.25, -0.2) is 4.98 Å². The molecule has 4 aliphatic heterocycles. The first kappa shape index (κ1) is 43.0. The van der Waals surface area contributed by atoms with E-state index in [9.17, 15) is 18.9 Å². The van der Waals surface area contributed by atoms with Gasteiger partial charge in [0.15, 0.2) is 5.82 Å². The number of aromatic nitrogens is 2. The maximum Gasteiger partial charge on any atom is 0.255 e. The summed E-state index contributed by atoms with van der Waals surface area (Å²) in [6, 6.07) is 23.4. The van der Waals surface area contributed by atoms with Crippen LogP contribution in [0.4, 0.5) is 28.8 Å². The van der Waals surface area contributed by atoms with Crippen LogP contribution in [0.25, 0.3) is 0 Å². The van der Waals surface area contributed by atoms with Crippen molar-refractivity contribution in [2.24, 2.45) is 0 Å². The van der Waals surface area contributed by atoms with Gasteiger partial charge in [0.25, 0.3) is 5.91 Å². The Morgan fingerprint density at radius 3 is 2.42 bits per heavy atom. The van der Waals surface area contributed by atoms with Crippen molar-refractivity contribution in [3.05, 3.63) is 112 Å². The molecule has 2 saturated heterocycles. The molecule has 14 nitrogen and oxygen atoms in total. The zero-order valence-electron chi connectivity index (χ0n) is 36.7. The van der Waals surface area contributed by atoms with Crippen molar-refractivity contribution in [2.45, 2.75) is 76.0 Å². The highest BCUT2D eigenvalue weighted by Gasteiger charge is 2.40. The summed E-state index contributed by atoms with van der Waals surface area (Å²) in [5, 5.41) is 10.1. The topological polar surface area (TPSA) is 158 Å². The Hall–Kier alpha value is -5.95. The Labute approximate surface area is 383 Å². The SMILES string of the molecule is COc1cc(N2CCC(N3CCc4cc(Oc5cccc6c5CN(C5CCC(=O)NC5=O)C6=O)ccc4C3)CC2)c(C2CC2)cc1Nc1ncc(Cl)c(Nc2ccccc2P(C)(C)=O)n1. The number of hydrogen-bond acceptors (Lipinski definition) is 12. The molecule has 5 heterocycles. The fourth-order valence-electron chi connectivity index (χ4n) is 9.84. The minimum absolute atomic E-state index is 0.211. The number of amides is 3. The molecule has 10 rings (SSSR count). The fraction of sp³-hybridized carbons (Fsp3) is 0.367. The van der Waals surface area contributed by atoms with E-state index in [0.29, 0.717) is 57.9 Å². The first-order valence-electron chi connectivity index (χ1n) is 22.4. The third-order valence-corrected chi connectivity index (χ3v) is 15.2. The zero-order valence-corrected chi connectivity index (χ0v) is 38.4. The molecule has 1 saturated carbocycles. The fourth-order valence-corrected chi connectivity index (χ4v) is 11.1. The van der Waals surface area contributed by atoms with Crippen LogP contribution < -0.4 is 35.6 Å². The Morgan fingerprint density at radius 2 is 1.65 bits per heavy atom. The number of methoxy groups -OCH3 is 1. The molecule has 0 radical (unpaired) electrons. The number of nitrogens with zero attached hydrogens (tertiary/aromatic N) is 5. The number of fused-ring (bicyclic) bond motifs is 2. The zero-order chi connectivity index (χ0) is 45.0. The quantitative estimate of drug-likeness (QED) is 0.0813. The van der Waals surface area contributed by atoms with Crippen molar-refractivity contribution in [1.29, 1.82) is 0 Å². The third kappa shape index (κ3) is 8.79. The molecule has 1 aliphatic carbocycles. The minimum Gasteiger partial charge on any atom is -0.494 e. The monoisotopic (exact) mass is 914 g/mol. The van der Waals surface area contributed by atoms with Gasteiger partial charge in [0, 0.05) is 66.8 Å². The van der Waals surface area contributed by atoms with Crippen LogP contribution in [0.2, 0.25) is 5.02 Å². The van der Waals surface area contributed by atoms with E-state index in [1.54, 1.807) is 37.6 Å². The summed E-state index contributed by atoms with van der Waals surface area (Å²) in [6.07, 6.45) is 7.41. The summed E-state index contributed by atoms with van der Waals surface area (Å²) in [5.74, 6) is 2.34. The van der Waals surface area contributed by atoms with Gasteiger partial charge in [0.1, 0.15) is 35.5 Å². The van der Waals surface area contributed by atoms with Crippen LogP contribution in [0.3, 0.4) is 0 Å². The van der Waals surface area contributed by atoms with E-state index in [-0.39, 0.29) is 24.8 Å². The highest BCUT2D eigenvalue weighted by molar-refractivity contribution is 7.70. The Bertz CT molecular complexity index is 2770. The lowest BCUT2D eigenvalue weighted by molar-refractivity contribution is -0.136. The van der Waals surface area contributed by atoms with Gasteiger partial charge in [-0.3, -0.25) is 24.6 Å². The summed E-state index contributed by atoms with van der Waals surface area (Å²) in [6.45, 7) is 7.48. The van der Waals surface area contributed by atoms with Gasteiger partial charge in [0.05, 0.1) is 31.2 Å². The molecule has 65 heavy (non-hydrogen) atoms. The molecular formula is C49H52ClN8O6P. The number of halogens is 1. The molecule has 5 aromatic rings. The van der Waals surface area contributed by atoms with Crippen molar-refractivity contribution in [1.82, 2.24) is 25.1 Å². The Kier molecular flexibility index (Phi) is 11.5. The maximum absolute atomic E-state index is 13.4. The smallest absolute Gasteiger partial charge is 0.255 e. The summed E-state index contributed by atoms with van der Waals surface area (Å²) >= 11 is 6.57.